The molecule has 1 heterocycles. The minimum absolute atomic E-state index is 0.346. The first kappa shape index (κ1) is 20.2. The summed E-state index contributed by atoms with van der Waals surface area (Å²) in [7, 11) is 1.52. The lowest BCUT2D eigenvalue weighted by molar-refractivity contribution is 0.0952. The molecule has 0 unspecified atom stereocenters. The van der Waals surface area contributed by atoms with Gasteiger partial charge >= 0.3 is 0 Å². The minimum atomic E-state index is -0.346. The van der Waals surface area contributed by atoms with E-state index in [9.17, 15) is 4.79 Å². The van der Waals surface area contributed by atoms with Crippen molar-refractivity contribution in [1.29, 1.82) is 0 Å². The molecule has 1 aromatic heterocycles. The topological polar surface area (TPSA) is 55.6 Å². The van der Waals surface area contributed by atoms with Crippen LogP contribution in [0.25, 0.3) is 5.69 Å². The molecule has 1 N–H and O–H groups in total. The number of halogens is 2. The molecule has 0 atom stereocenters. The summed E-state index contributed by atoms with van der Waals surface area (Å²) in [4.78, 5) is 12.4. The molecule has 7 heteroatoms. The lowest BCUT2D eigenvalue weighted by atomic mass is 10.2. The van der Waals surface area contributed by atoms with Crippen LogP contribution in [0.4, 0.5) is 0 Å². The highest BCUT2D eigenvalue weighted by Crippen LogP contribution is 2.23. The molecule has 3 rings (SSSR count). The maximum atomic E-state index is 12.4. The second-order valence-electron chi connectivity index (χ2n) is 6.18. The Morgan fingerprint density at radius 3 is 2.57 bits per heavy atom. The van der Waals surface area contributed by atoms with Crippen LogP contribution in [0.15, 0.2) is 58.1 Å². The van der Waals surface area contributed by atoms with Gasteiger partial charge in [0.2, 0.25) is 0 Å². The standard InChI is InChI=1S/C21H19BrClN3O2/c1-13-10-15(14(2)26(13)18-7-5-17(23)6-8-18)12-24-25-21(27)19-11-16(22)4-9-20(19)28-3/h4-12H,1-3H3,(H,25,27)/b24-12-. The molecule has 2 aromatic carbocycles. The number of hydrogen-bond acceptors (Lipinski definition) is 3. The number of rotatable bonds is 5. The quantitative estimate of drug-likeness (QED) is 0.416. The lowest BCUT2D eigenvalue weighted by Gasteiger charge is -2.09. The fourth-order valence-corrected chi connectivity index (χ4v) is 3.47. The Labute approximate surface area is 177 Å². The van der Waals surface area contributed by atoms with Crippen molar-refractivity contribution in [2.24, 2.45) is 5.10 Å². The molecule has 0 fully saturated rings. The number of aromatic nitrogens is 1. The Morgan fingerprint density at radius 1 is 1.18 bits per heavy atom. The average Bonchev–Trinajstić information content (AvgIpc) is 2.96. The number of hydrazone groups is 1. The van der Waals surface area contributed by atoms with Crippen molar-refractivity contribution in [3.05, 3.63) is 80.5 Å². The van der Waals surface area contributed by atoms with Crippen LogP contribution in [-0.2, 0) is 0 Å². The normalized spacial score (nSPS) is 11.0. The largest absolute Gasteiger partial charge is 0.496 e. The number of carbonyl (C=O) groups is 1. The Morgan fingerprint density at radius 2 is 1.89 bits per heavy atom. The predicted octanol–water partition coefficient (Wildman–Crippen LogP) is 5.28. The Balaban J connectivity index is 1.80. The Hall–Kier alpha value is -2.57. The number of benzene rings is 2. The summed E-state index contributed by atoms with van der Waals surface area (Å²) >= 11 is 9.34. The summed E-state index contributed by atoms with van der Waals surface area (Å²) in [5.41, 5.74) is 6.95. The molecular formula is C21H19BrClN3O2. The summed E-state index contributed by atoms with van der Waals surface area (Å²) in [6.45, 7) is 4.02. The van der Waals surface area contributed by atoms with Gasteiger partial charge in [0.15, 0.2) is 0 Å². The van der Waals surface area contributed by atoms with Gasteiger partial charge in [0, 0.05) is 32.1 Å². The highest BCUT2D eigenvalue weighted by atomic mass is 79.9. The third kappa shape index (κ3) is 4.29. The Kier molecular flexibility index (Phi) is 6.21. The second-order valence-corrected chi connectivity index (χ2v) is 7.53. The first-order valence-electron chi connectivity index (χ1n) is 8.52. The predicted molar refractivity (Wildman–Crippen MR) is 116 cm³/mol. The van der Waals surface area contributed by atoms with Gasteiger partial charge in [-0.2, -0.15) is 5.10 Å². The fraction of sp³-hybridized carbons (Fsp3) is 0.143. The van der Waals surface area contributed by atoms with Crippen LogP contribution < -0.4 is 10.2 Å². The zero-order valence-electron chi connectivity index (χ0n) is 15.7. The van der Waals surface area contributed by atoms with E-state index in [1.807, 2.05) is 50.2 Å². The first-order chi connectivity index (χ1) is 13.4. The summed E-state index contributed by atoms with van der Waals surface area (Å²) < 4.78 is 8.13. The van der Waals surface area contributed by atoms with Gasteiger partial charge in [0.05, 0.1) is 18.9 Å². The van der Waals surface area contributed by atoms with Crippen LogP contribution in [0.3, 0.4) is 0 Å². The van der Waals surface area contributed by atoms with Crippen molar-refractivity contribution in [2.45, 2.75) is 13.8 Å². The van der Waals surface area contributed by atoms with Crippen LogP contribution in [-0.4, -0.2) is 23.8 Å². The third-order valence-electron chi connectivity index (χ3n) is 4.33. The maximum Gasteiger partial charge on any atom is 0.275 e. The van der Waals surface area contributed by atoms with Gasteiger partial charge in [-0.15, -0.1) is 0 Å². The number of carbonyl (C=O) groups excluding carboxylic acids is 1. The van der Waals surface area contributed by atoms with E-state index in [0.717, 1.165) is 27.1 Å². The summed E-state index contributed by atoms with van der Waals surface area (Å²) in [5, 5.41) is 4.81. The molecule has 0 saturated heterocycles. The van der Waals surface area contributed by atoms with Crippen molar-refractivity contribution in [1.82, 2.24) is 9.99 Å². The van der Waals surface area contributed by atoms with Crippen LogP contribution in [0, 0.1) is 13.8 Å². The van der Waals surface area contributed by atoms with Gasteiger partial charge in [0.1, 0.15) is 5.75 Å². The average molecular weight is 461 g/mol. The zero-order valence-corrected chi connectivity index (χ0v) is 18.0. The molecule has 0 bridgehead atoms. The van der Waals surface area contributed by atoms with Crippen LogP contribution in [0.5, 0.6) is 5.75 Å². The molecule has 0 aliphatic rings. The maximum absolute atomic E-state index is 12.4. The van der Waals surface area contributed by atoms with E-state index >= 15 is 0 Å². The SMILES string of the molecule is COc1ccc(Br)cc1C(=O)N/N=C\c1cc(C)n(-c2ccc(Cl)cc2)c1C. The van der Waals surface area contributed by atoms with Gasteiger partial charge in [-0.05, 0) is 62.4 Å². The van der Waals surface area contributed by atoms with E-state index in [0.29, 0.717) is 16.3 Å². The minimum Gasteiger partial charge on any atom is -0.496 e. The third-order valence-corrected chi connectivity index (χ3v) is 5.08. The zero-order chi connectivity index (χ0) is 20.3. The number of aryl methyl sites for hydroxylation is 1. The van der Waals surface area contributed by atoms with E-state index in [4.69, 9.17) is 16.3 Å². The lowest BCUT2D eigenvalue weighted by Crippen LogP contribution is -2.18. The molecule has 5 nitrogen and oxygen atoms in total. The van der Waals surface area contributed by atoms with Crippen LogP contribution in [0.2, 0.25) is 5.02 Å². The molecule has 28 heavy (non-hydrogen) atoms. The van der Waals surface area contributed by atoms with Gasteiger partial charge in [0.25, 0.3) is 5.91 Å². The molecule has 3 aromatic rings. The van der Waals surface area contributed by atoms with Crippen molar-refractivity contribution < 1.29 is 9.53 Å². The smallest absolute Gasteiger partial charge is 0.275 e. The molecule has 144 valence electrons. The van der Waals surface area contributed by atoms with Crippen molar-refractivity contribution in [2.75, 3.05) is 7.11 Å². The first-order valence-corrected chi connectivity index (χ1v) is 9.69. The number of nitrogens with one attached hydrogen (secondary N) is 1. The van der Waals surface area contributed by atoms with Crippen molar-refractivity contribution >= 4 is 39.7 Å². The van der Waals surface area contributed by atoms with Gasteiger partial charge in [-0.1, -0.05) is 27.5 Å². The number of nitrogens with zero attached hydrogens (tertiary/aromatic N) is 2. The van der Waals surface area contributed by atoms with Crippen molar-refractivity contribution in [3.8, 4) is 11.4 Å². The second kappa shape index (κ2) is 8.63. The molecule has 0 spiro atoms. The molecule has 0 saturated carbocycles. The number of hydrogen-bond donors (Lipinski definition) is 1. The van der Waals surface area contributed by atoms with E-state index in [2.05, 4.69) is 31.0 Å². The van der Waals surface area contributed by atoms with E-state index in [-0.39, 0.29) is 5.91 Å². The fourth-order valence-electron chi connectivity index (χ4n) is 2.98. The monoisotopic (exact) mass is 459 g/mol. The van der Waals surface area contributed by atoms with Gasteiger partial charge in [-0.3, -0.25) is 4.79 Å². The molecule has 0 radical (unpaired) electrons. The molecular weight excluding hydrogens is 442 g/mol. The van der Waals surface area contributed by atoms with E-state index < -0.39 is 0 Å². The highest BCUT2D eigenvalue weighted by molar-refractivity contribution is 9.10. The number of ether oxygens (including phenoxy) is 1. The summed E-state index contributed by atoms with van der Waals surface area (Å²) in [6.07, 6.45) is 1.64. The summed E-state index contributed by atoms with van der Waals surface area (Å²) in [5.74, 6) is 0.137. The van der Waals surface area contributed by atoms with E-state index in [1.54, 1.807) is 18.3 Å². The summed E-state index contributed by atoms with van der Waals surface area (Å²) in [6, 6.07) is 14.9. The molecule has 1 amide bonds. The number of methoxy groups -OCH3 is 1. The Bertz CT molecular complexity index is 1040. The van der Waals surface area contributed by atoms with Crippen LogP contribution >= 0.6 is 27.5 Å². The van der Waals surface area contributed by atoms with Crippen molar-refractivity contribution in [3.63, 3.8) is 0 Å². The molecule has 0 aliphatic heterocycles. The van der Waals surface area contributed by atoms with Gasteiger partial charge < -0.3 is 9.30 Å². The van der Waals surface area contributed by atoms with Crippen LogP contribution in [0.1, 0.15) is 27.3 Å². The van der Waals surface area contributed by atoms with Gasteiger partial charge in [-0.25, -0.2) is 5.43 Å². The van der Waals surface area contributed by atoms with E-state index in [1.165, 1.54) is 7.11 Å². The highest BCUT2D eigenvalue weighted by Gasteiger charge is 2.13. The molecule has 0 aliphatic carbocycles. The number of amides is 1.